The number of carbonyl (C=O) groups is 4. The molecule has 7 N–H and O–H groups in total. The number of hydrogen-bond acceptors (Lipinski definition) is 8. The van der Waals surface area contributed by atoms with Crippen molar-refractivity contribution >= 4 is 48.9 Å². The molecular weight excluding hydrogens is 504 g/mol. The van der Waals surface area contributed by atoms with Crippen LogP contribution in [0.15, 0.2) is 54.6 Å². The fourth-order valence-corrected chi connectivity index (χ4v) is 3.64. The second kappa shape index (κ2) is 14.4. The van der Waals surface area contributed by atoms with Crippen LogP contribution in [0.5, 0.6) is 5.75 Å². The third-order valence-electron chi connectivity index (χ3n) is 5.26. The van der Waals surface area contributed by atoms with Crippen molar-refractivity contribution in [3.63, 3.8) is 0 Å². The van der Waals surface area contributed by atoms with Crippen LogP contribution >= 0.6 is 25.3 Å². The van der Waals surface area contributed by atoms with Crippen molar-refractivity contribution in [1.82, 2.24) is 16.0 Å². The highest BCUT2D eigenvalue weighted by molar-refractivity contribution is 7.80. The Morgan fingerprint density at radius 3 is 1.67 bits per heavy atom. The molecule has 12 heteroatoms. The summed E-state index contributed by atoms with van der Waals surface area (Å²) in [7, 11) is 0. The van der Waals surface area contributed by atoms with Gasteiger partial charge in [-0.25, -0.2) is 4.79 Å². The van der Waals surface area contributed by atoms with Gasteiger partial charge in [-0.15, -0.1) is 0 Å². The summed E-state index contributed by atoms with van der Waals surface area (Å²) >= 11 is 7.98. The quantitative estimate of drug-likeness (QED) is 0.166. The summed E-state index contributed by atoms with van der Waals surface area (Å²) in [5.41, 5.74) is 7.12. The third-order valence-corrected chi connectivity index (χ3v) is 6.01. The van der Waals surface area contributed by atoms with Crippen LogP contribution in [-0.2, 0) is 32.0 Å². The normalized spacial score (nSPS) is 14.1. The van der Waals surface area contributed by atoms with Crippen molar-refractivity contribution in [2.24, 2.45) is 5.73 Å². The van der Waals surface area contributed by atoms with Gasteiger partial charge in [0.1, 0.15) is 23.9 Å². The van der Waals surface area contributed by atoms with E-state index < -0.39 is 47.9 Å². The largest absolute Gasteiger partial charge is 0.508 e. The second-order valence-corrected chi connectivity index (χ2v) is 8.78. The highest BCUT2D eigenvalue weighted by Crippen LogP contribution is 2.12. The first-order valence-electron chi connectivity index (χ1n) is 11.1. The van der Waals surface area contributed by atoms with Crippen LogP contribution in [-0.4, -0.2) is 69.6 Å². The second-order valence-electron chi connectivity index (χ2n) is 8.05. The number of phenols is 1. The van der Waals surface area contributed by atoms with Gasteiger partial charge in [0.2, 0.25) is 17.7 Å². The summed E-state index contributed by atoms with van der Waals surface area (Å²) in [5.74, 6) is -3.32. The van der Waals surface area contributed by atoms with Crippen LogP contribution in [0.4, 0.5) is 0 Å². The molecular formula is C24H30N4O6S2. The number of nitrogens with one attached hydrogen (secondary N) is 3. The molecule has 3 amide bonds. The van der Waals surface area contributed by atoms with Crippen molar-refractivity contribution in [2.45, 2.75) is 37.0 Å². The maximum atomic E-state index is 13.3. The zero-order valence-electron chi connectivity index (χ0n) is 19.3. The predicted octanol–water partition coefficient (Wildman–Crippen LogP) is -0.0967. The zero-order chi connectivity index (χ0) is 26.7. The Hall–Kier alpha value is -3.22. The van der Waals surface area contributed by atoms with E-state index in [1.54, 1.807) is 36.4 Å². The van der Waals surface area contributed by atoms with Crippen LogP contribution in [0.25, 0.3) is 0 Å². The number of aliphatic carboxylic acids is 1. The molecule has 0 aliphatic heterocycles. The van der Waals surface area contributed by atoms with Crippen molar-refractivity contribution in [1.29, 1.82) is 0 Å². The number of carboxylic acids is 1. The number of thiol groups is 2. The maximum Gasteiger partial charge on any atom is 0.327 e. The fraction of sp³-hybridized carbons (Fsp3) is 0.333. The monoisotopic (exact) mass is 534 g/mol. The van der Waals surface area contributed by atoms with E-state index in [-0.39, 0.29) is 30.1 Å². The molecule has 0 spiro atoms. The molecule has 4 atom stereocenters. The Kier molecular flexibility index (Phi) is 11.6. The van der Waals surface area contributed by atoms with Crippen molar-refractivity contribution in [2.75, 3.05) is 11.5 Å². The van der Waals surface area contributed by atoms with Gasteiger partial charge in [0.15, 0.2) is 0 Å². The minimum absolute atomic E-state index is 0.00107. The number of nitrogens with two attached hydrogens (primary N) is 1. The molecule has 2 aromatic rings. The SMILES string of the molecule is N[C@@H](CS)C(=O)N[C@@H](Cc1ccccc1)C(=O)N[C@@H](Cc1ccc(O)cc1)C(=O)N[C@@H](CS)C(=O)O. The molecule has 36 heavy (non-hydrogen) atoms. The third kappa shape index (κ3) is 9.10. The number of benzene rings is 2. The molecule has 0 heterocycles. The molecule has 0 bridgehead atoms. The minimum Gasteiger partial charge on any atom is -0.508 e. The summed E-state index contributed by atoms with van der Waals surface area (Å²) in [4.78, 5) is 50.1. The topological polar surface area (TPSA) is 171 Å². The number of phenolic OH excluding ortho intramolecular Hbond substituents is 1. The van der Waals surface area contributed by atoms with Gasteiger partial charge >= 0.3 is 5.97 Å². The first kappa shape index (κ1) is 29.0. The van der Waals surface area contributed by atoms with E-state index >= 15 is 0 Å². The molecule has 0 aromatic heterocycles. The van der Waals surface area contributed by atoms with Gasteiger partial charge in [-0.1, -0.05) is 42.5 Å². The van der Waals surface area contributed by atoms with Crippen LogP contribution in [0.1, 0.15) is 11.1 Å². The average Bonchev–Trinajstić information content (AvgIpc) is 2.87. The van der Waals surface area contributed by atoms with Crippen LogP contribution in [0.2, 0.25) is 0 Å². The average molecular weight is 535 g/mol. The van der Waals surface area contributed by atoms with E-state index in [0.29, 0.717) is 5.56 Å². The molecule has 2 rings (SSSR count). The number of carboxylic acid groups (broad SMARTS) is 1. The molecule has 0 fully saturated rings. The van der Waals surface area contributed by atoms with Gasteiger partial charge in [0.25, 0.3) is 0 Å². The van der Waals surface area contributed by atoms with Crippen molar-refractivity contribution in [3.05, 3.63) is 65.7 Å². The van der Waals surface area contributed by atoms with Gasteiger partial charge in [0, 0.05) is 24.3 Å². The molecule has 0 unspecified atom stereocenters. The standard InChI is InChI=1S/C24H30N4O6S2/c25-17(12-35)21(30)26-18(10-14-4-2-1-3-5-14)22(31)27-19(11-15-6-8-16(29)9-7-15)23(32)28-20(13-36)24(33)34/h1-9,17-20,29,35-36H,10-13,25H2,(H,26,30)(H,27,31)(H,28,32)(H,33,34)/t17-,18-,19-,20-/m0/s1. The molecule has 2 aromatic carbocycles. The summed E-state index contributed by atoms with van der Waals surface area (Å²) in [5, 5.41) is 26.4. The van der Waals surface area contributed by atoms with Gasteiger partial charge in [0.05, 0.1) is 6.04 Å². The number of rotatable bonds is 13. The van der Waals surface area contributed by atoms with E-state index in [1.807, 2.05) is 6.07 Å². The lowest BCUT2D eigenvalue weighted by Gasteiger charge is -2.25. The number of amides is 3. The molecule has 0 radical (unpaired) electrons. The van der Waals surface area contributed by atoms with Crippen molar-refractivity contribution < 1.29 is 29.4 Å². The van der Waals surface area contributed by atoms with E-state index in [4.69, 9.17) is 5.73 Å². The van der Waals surface area contributed by atoms with Gasteiger partial charge < -0.3 is 31.9 Å². The smallest absolute Gasteiger partial charge is 0.327 e. The van der Waals surface area contributed by atoms with E-state index in [2.05, 4.69) is 41.2 Å². The van der Waals surface area contributed by atoms with E-state index in [1.165, 1.54) is 12.1 Å². The summed E-state index contributed by atoms with van der Waals surface area (Å²) in [6.45, 7) is 0. The Labute approximate surface area is 219 Å². The minimum atomic E-state index is -1.27. The molecule has 10 nitrogen and oxygen atoms in total. The van der Waals surface area contributed by atoms with Crippen molar-refractivity contribution in [3.8, 4) is 5.75 Å². The van der Waals surface area contributed by atoms with E-state index in [0.717, 1.165) is 5.56 Å². The van der Waals surface area contributed by atoms with Gasteiger partial charge in [-0.3, -0.25) is 14.4 Å². The lowest BCUT2D eigenvalue weighted by molar-refractivity contribution is -0.141. The van der Waals surface area contributed by atoms with Crippen LogP contribution in [0, 0.1) is 0 Å². The molecule has 0 aliphatic carbocycles. The highest BCUT2D eigenvalue weighted by atomic mass is 32.1. The molecule has 0 saturated carbocycles. The van der Waals surface area contributed by atoms with Gasteiger partial charge in [-0.2, -0.15) is 25.3 Å². The molecule has 194 valence electrons. The Bertz CT molecular complexity index is 1040. The lowest BCUT2D eigenvalue weighted by atomic mass is 10.0. The Morgan fingerprint density at radius 1 is 0.722 bits per heavy atom. The summed E-state index contributed by atoms with van der Waals surface area (Å²) < 4.78 is 0. The molecule has 0 saturated heterocycles. The summed E-state index contributed by atoms with van der Waals surface area (Å²) in [6.07, 6.45) is 0.124. The maximum absolute atomic E-state index is 13.3. The molecule has 0 aliphatic rings. The first-order chi connectivity index (χ1) is 17.1. The lowest BCUT2D eigenvalue weighted by Crippen LogP contribution is -2.58. The summed E-state index contributed by atoms with van der Waals surface area (Å²) in [6, 6.07) is 10.5. The first-order valence-corrected chi connectivity index (χ1v) is 12.3. The zero-order valence-corrected chi connectivity index (χ0v) is 21.1. The number of carbonyl (C=O) groups excluding carboxylic acids is 3. The van der Waals surface area contributed by atoms with E-state index in [9.17, 15) is 29.4 Å². The van der Waals surface area contributed by atoms with Crippen LogP contribution < -0.4 is 21.7 Å². The number of hydrogen-bond donors (Lipinski definition) is 8. The van der Waals surface area contributed by atoms with Gasteiger partial charge in [-0.05, 0) is 23.3 Å². The fourth-order valence-electron chi connectivity index (χ4n) is 3.23. The predicted molar refractivity (Wildman–Crippen MR) is 141 cm³/mol. The Morgan fingerprint density at radius 2 is 1.19 bits per heavy atom. The Balaban J connectivity index is 2.29. The number of aromatic hydroxyl groups is 1. The highest BCUT2D eigenvalue weighted by Gasteiger charge is 2.30. The van der Waals surface area contributed by atoms with Crippen LogP contribution in [0.3, 0.4) is 0 Å².